The zero-order valence-electron chi connectivity index (χ0n) is 10.7. The van der Waals surface area contributed by atoms with Gasteiger partial charge in [0.15, 0.2) is 0 Å². The summed E-state index contributed by atoms with van der Waals surface area (Å²) in [5, 5.41) is 12.7. The predicted octanol–water partition coefficient (Wildman–Crippen LogP) is 0.345. The van der Waals surface area contributed by atoms with Crippen LogP contribution in [0.1, 0.15) is 23.2 Å². The van der Waals surface area contributed by atoms with Crippen molar-refractivity contribution >= 4 is 33.2 Å². The molecule has 1 aromatic rings. The van der Waals surface area contributed by atoms with E-state index in [9.17, 15) is 18.0 Å². The molecule has 9 heteroatoms. The molecule has 20 heavy (non-hydrogen) atoms. The third-order valence-corrected chi connectivity index (χ3v) is 6.01. The molecule has 0 aliphatic heterocycles. The van der Waals surface area contributed by atoms with Crippen molar-refractivity contribution < 1.29 is 23.1 Å². The van der Waals surface area contributed by atoms with Gasteiger partial charge in [0.1, 0.15) is 4.21 Å². The van der Waals surface area contributed by atoms with Crippen LogP contribution in [0, 0.1) is 0 Å². The molecule has 0 bridgehead atoms. The van der Waals surface area contributed by atoms with Gasteiger partial charge in [0.2, 0.25) is 5.91 Å². The van der Waals surface area contributed by atoms with Crippen LogP contribution in [0.25, 0.3) is 0 Å². The van der Waals surface area contributed by atoms with Crippen LogP contribution >= 0.6 is 11.3 Å². The molecule has 1 heterocycles. The van der Waals surface area contributed by atoms with Gasteiger partial charge in [-0.2, -0.15) is 4.31 Å². The number of aromatic carboxylic acids is 1. The Morgan fingerprint density at radius 2 is 2.15 bits per heavy atom. The number of nitrogens with zero attached hydrogens (tertiary/aromatic N) is 1. The molecule has 1 aliphatic carbocycles. The summed E-state index contributed by atoms with van der Waals surface area (Å²) in [4.78, 5) is 22.3. The monoisotopic (exact) mass is 318 g/mol. The van der Waals surface area contributed by atoms with Crippen LogP contribution in [0.15, 0.2) is 15.7 Å². The number of nitrogens with one attached hydrogen (secondary N) is 1. The normalized spacial score (nSPS) is 15.3. The Bertz CT molecular complexity index is 633. The first-order valence-corrected chi connectivity index (χ1v) is 8.20. The molecule has 7 nitrogen and oxygen atoms in total. The third-order valence-electron chi connectivity index (χ3n) is 2.80. The molecule has 1 fully saturated rings. The van der Waals surface area contributed by atoms with Crippen LogP contribution < -0.4 is 5.32 Å². The molecule has 0 aromatic carbocycles. The molecule has 0 atom stereocenters. The number of carboxylic acid groups (broad SMARTS) is 1. The van der Waals surface area contributed by atoms with E-state index in [2.05, 4.69) is 5.32 Å². The van der Waals surface area contributed by atoms with Gasteiger partial charge in [-0.3, -0.25) is 4.79 Å². The van der Waals surface area contributed by atoms with E-state index < -0.39 is 16.0 Å². The summed E-state index contributed by atoms with van der Waals surface area (Å²) in [5.41, 5.74) is -0.0793. The number of likely N-dealkylation sites (N-methyl/N-ethyl adjacent to an activating group) is 1. The SMILES string of the molecule is CN(CC(=O)NC1CC1)S(=O)(=O)c1cc(C(=O)O)cs1. The maximum Gasteiger partial charge on any atom is 0.336 e. The van der Waals surface area contributed by atoms with Gasteiger partial charge in [0, 0.05) is 18.5 Å². The summed E-state index contributed by atoms with van der Waals surface area (Å²) >= 11 is 0.824. The molecular weight excluding hydrogens is 304 g/mol. The van der Waals surface area contributed by atoms with Gasteiger partial charge in [-0.05, 0) is 18.9 Å². The minimum atomic E-state index is -3.83. The zero-order valence-corrected chi connectivity index (χ0v) is 12.3. The fourth-order valence-corrected chi connectivity index (χ4v) is 4.00. The molecule has 1 amide bonds. The van der Waals surface area contributed by atoms with Gasteiger partial charge in [-0.25, -0.2) is 13.2 Å². The summed E-state index contributed by atoms with van der Waals surface area (Å²) in [6.07, 6.45) is 1.85. The Balaban J connectivity index is 2.07. The summed E-state index contributed by atoms with van der Waals surface area (Å²) < 4.78 is 25.2. The number of rotatable bonds is 6. The highest BCUT2D eigenvalue weighted by Gasteiger charge is 2.28. The number of hydrogen-bond donors (Lipinski definition) is 2. The number of sulfonamides is 1. The predicted molar refractivity (Wildman–Crippen MR) is 72.3 cm³/mol. The van der Waals surface area contributed by atoms with Crippen molar-refractivity contribution in [3.8, 4) is 0 Å². The smallest absolute Gasteiger partial charge is 0.336 e. The first kappa shape index (κ1) is 14.9. The average Bonchev–Trinajstić information content (AvgIpc) is 3.00. The van der Waals surface area contributed by atoms with Crippen LogP contribution in [-0.2, 0) is 14.8 Å². The number of thiophene rings is 1. The Morgan fingerprint density at radius 3 is 2.65 bits per heavy atom. The van der Waals surface area contributed by atoms with Gasteiger partial charge in [-0.1, -0.05) is 0 Å². The van der Waals surface area contributed by atoms with Crippen molar-refractivity contribution in [2.45, 2.75) is 23.1 Å². The van der Waals surface area contributed by atoms with Gasteiger partial charge in [-0.15, -0.1) is 11.3 Å². The summed E-state index contributed by atoms with van der Waals surface area (Å²) in [6.45, 7) is -0.279. The maximum atomic E-state index is 12.2. The van der Waals surface area contributed by atoms with Crippen molar-refractivity contribution in [1.29, 1.82) is 0 Å². The highest BCUT2D eigenvalue weighted by Crippen LogP contribution is 2.23. The standard InChI is InChI=1S/C11H14N2O5S2/c1-13(5-9(14)12-8-2-3-8)20(17,18)10-4-7(6-19-10)11(15)16/h4,6,8H,2-3,5H2,1H3,(H,12,14)(H,15,16). The highest BCUT2D eigenvalue weighted by atomic mass is 32.2. The zero-order chi connectivity index (χ0) is 14.9. The summed E-state index contributed by atoms with van der Waals surface area (Å²) in [5.74, 6) is -1.54. The van der Waals surface area contributed by atoms with Gasteiger partial charge >= 0.3 is 5.97 Å². The van der Waals surface area contributed by atoms with Crippen molar-refractivity contribution in [1.82, 2.24) is 9.62 Å². The third kappa shape index (κ3) is 3.35. The quantitative estimate of drug-likeness (QED) is 0.787. The minimum absolute atomic E-state index is 0.0793. The lowest BCUT2D eigenvalue weighted by atomic mass is 10.4. The van der Waals surface area contributed by atoms with Crippen LogP contribution in [0.3, 0.4) is 0 Å². The lowest BCUT2D eigenvalue weighted by Crippen LogP contribution is -2.38. The fourth-order valence-electron chi connectivity index (χ4n) is 1.51. The van der Waals surface area contributed by atoms with E-state index >= 15 is 0 Å². The van der Waals surface area contributed by atoms with Crippen molar-refractivity contribution in [2.24, 2.45) is 0 Å². The van der Waals surface area contributed by atoms with Crippen molar-refractivity contribution in [3.63, 3.8) is 0 Å². The molecule has 1 aliphatic rings. The number of hydrogen-bond acceptors (Lipinski definition) is 5. The van der Waals surface area contributed by atoms with E-state index in [1.807, 2.05) is 0 Å². The van der Waals surface area contributed by atoms with Crippen LogP contribution in [-0.4, -0.2) is 49.3 Å². The molecule has 0 unspecified atom stereocenters. The Labute approximate surface area is 120 Å². The fraction of sp³-hybridized carbons (Fsp3) is 0.455. The number of amides is 1. The minimum Gasteiger partial charge on any atom is -0.478 e. The lowest BCUT2D eigenvalue weighted by Gasteiger charge is -2.15. The number of carboxylic acids is 1. The van der Waals surface area contributed by atoms with Gasteiger partial charge in [0.05, 0.1) is 12.1 Å². The first-order chi connectivity index (χ1) is 9.30. The molecule has 2 N–H and O–H groups in total. The van der Waals surface area contributed by atoms with Crippen LogP contribution in [0.2, 0.25) is 0 Å². The molecule has 0 radical (unpaired) electrons. The Kier molecular flexibility index (Phi) is 4.11. The maximum absolute atomic E-state index is 12.2. The van der Waals surface area contributed by atoms with E-state index in [1.165, 1.54) is 12.4 Å². The second-order valence-electron chi connectivity index (χ2n) is 4.56. The molecule has 1 saturated carbocycles. The molecule has 2 rings (SSSR count). The molecular formula is C11H14N2O5S2. The first-order valence-electron chi connectivity index (χ1n) is 5.88. The Hall–Kier alpha value is -1.45. The van der Waals surface area contributed by atoms with Crippen LogP contribution in [0.5, 0.6) is 0 Å². The van der Waals surface area contributed by atoms with Gasteiger partial charge in [0.25, 0.3) is 10.0 Å². The second kappa shape index (κ2) is 5.51. The molecule has 110 valence electrons. The summed E-state index contributed by atoms with van der Waals surface area (Å²) in [7, 11) is -2.54. The van der Waals surface area contributed by atoms with Crippen molar-refractivity contribution in [2.75, 3.05) is 13.6 Å². The van der Waals surface area contributed by atoms with E-state index in [-0.39, 0.29) is 28.3 Å². The molecule has 1 aromatic heterocycles. The average molecular weight is 318 g/mol. The highest BCUT2D eigenvalue weighted by molar-refractivity contribution is 7.91. The molecule has 0 spiro atoms. The van der Waals surface area contributed by atoms with Crippen molar-refractivity contribution in [3.05, 3.63) is 17.0 Å². The lowest BCUT2D eigenvalue weighted by molar-refractivity contribution is -0.121. The largest absolute Gasteiger partial charge is 0.478 e. The van der Waals surface area contributed by atoms with Gasteiger partial charge < -0.3 is 10.4 Å². The molecule has 0 saturated heterocycles. The second-order valence-corrected chi connectivity index (χ2v) is 7.75. The van der Waals surface area contributed by atoms with E-state index in [1.54, 1.807) is 0 Å². The van der Waals surface area contributed by atoms with E-state index in [0.29, 0.717) is 0 Å². The van der Waals surface area contributed by atoms with Crippen LogP contribution in [0.4, 0.5) is 0 Å². The summed E-state index contributed by atoms with van der Waals surface area (Å²) in [6, 6.07) is 1.26. The topological polar surface area (TPSA) is 104 Å². The number of carbonyl (C=O) groups is 2. The van der Waals surface area contributed by atoms with E-state index in [0.717, 1.165) is 34.6 Å². The van der Waals surface area contributed by atoms with E-state index in [4.69, 9.17) is 5.11 Å². The number of carbonyl (C=O) groups excluding carboxylic acids is 1. The Morgan fingerprint density at radius 1 is 1.50 bits per heavy atom.